The SMILES string of the molecule is CCCCC(=O)N(Cc1ccc(-c2cc(-c3ccccc3)ccc2-c2nn[nH]n2)nc1)[C@@H](C(C)C)C(O)O. The molecule has 1 amide bonds. The summed E-state index contributed by atoms with van der Waals surface area (Å²) in [5, 5.41) is 34.7. The van der Waals surface area contributed by atoms with Gasteiger partial charge in [-0.25, -0.2) is 0 Å². The van der Waals surface area contributed by atoms with Gasteiger partial charge in [-0.2, -0.15) is 5.21 Å². The molecule has 198 valence electrons. The molecular formula is C29H34N6O3. The van der Waals surface area contributed by atoms with Crippen LogP contribution < -0.4 is 0 Å². The van der Waals surface area contributed by atoms with Crippen LogP contribution in [0.15, 0.2) is 66.9 Å². The van der Waals surface area contributed by atoms with Crippen LogP contribution in [0.1, 0.15) is 45.6 Å². The lowest BCUT2D eigenvalue weighted by Crippen LogP contribution is -2.49. The Morgan fingerprint density at radius 3 is 2.39 bits per heavy atom. The molecule has 4 aromatic rings. The molecule has 3 N–H and O–H groups in total. The third-order valence-electron chi connectivity index (χ3n) is 6.58. The second-order valence-electron chi connectivity index (χ2n) is 9.69. The van der Waals surface area contributed by atoms with Crippen molar-refractivity contribution in [3.8, 4) is 33.8 Å². The maximum atomic E-state index is 13.1. The molecule has 0 saturated carbocycles. The van der Waals surface area contributed by atoms with E-state index in [1.54, 1.807) is 11.1 Å². The first-order valence-corrected chi connectivity index (χ1v) is 12.9. The van der Waals surface area contributed by atoms with Gasteiger partial charge in [-0.05, 0) is 52.4 Å². The zero-order chi connectivity index (χ0) is 27.1. The van der Waals surface area contributed by atoms with Crippen molar-refractivity contribution < 1.29 is 15.0 Å². The molecule has 0 radical (unpaired) electrons. The van der Waals surface area contributed by atoms with E-state index in [4.69, 9.17) is 4.98 Å². The van der Waals surface area contributed by atoms with Gasteiger partial charge >= 0.3 is 0 Å². The average Bonchev–Trinajstić information content (AvgIpc) is 3.46. The smallest absolute Gasteiger partial charge is 0.223 e. The number of carbonyl (C=O) groups is 1. The standard InChI is InChI=1S/C29H34N6O3/c1-4-5-11-26(36)35(27(19(2)3)29(37)38)18-20-12-15-25(30-17-20)24-16-22(21-9-7-6-8-10-21)13-14-23(24)28-31-33-34-32-28/h6-10,12-17,19,27,29,37-38H,4-5,11,18H2,1-3H3,(H,31,32,33,34)/t27-/m0/s1. The fourth-order valence-electron chi connectivity index (χ4n) is 4.61. The molecule has 9 nitrogen and oxygen atoms in total. The molecule has 0 spiro atoms. The molecule has 0 aliphatic carbocycles. The molecule has 0 bridgehead atoms. The zero-order valence-corrected chi connectivity index (χ0v) is 22.0. The first-order valence-electron chi connectivity index (χ1n) is 12.9. The summed E-state index contributed by atoms with van der Waals surface area (Å²) in [5.74, 6) is 0.235. The molecule has 0 unspecified atom stereocenters. The van der Waals surface area contributed by atoms with E-state index in [2.05, 4.69) is 38.8 Å². The highest BCUT2D eigenvalue weighted by atomic mass is 16.5. The molecule has 1 atom stereocenters. The van der Waals surface area contributed by atoms with Crippen molar-refractivity contribution in [1.29, 1.82) is 0 Å². The first-order chi connectivity index (χ1) is 18.4. The minimum atomic E-state index is -1.63. The van der Waals surface area contributed by atoms with Gasteiger partial charge in [-0.3, -0.25) is 9.78 Å². The van der Waals surface area contributed by atoms with E-state index in [1.165, 1.54) is 0 Å². The summed E-state index contributed by atoms with van der Waals surface area (Å²) in [7, 11) is 0. The number of benzene rings is 2. The number of tetrazole rings is 1. The van der Waals surface area contributed by atoms with Crippen LogP contribution in [0.2, 0.25) is 0 Å². The maximum Gasteiger partial charge on any atom is 0.223 e. The number of hydrogen-bond acceptors (Lipinski definition) is 7. The summed E-state index contributed by atoms with van der Waals surface area (Å²) < 4.78 is 0. The highest BCUT2D eigenvalue weighted by Crippen LogP contribution is 2.33. The first kappa shape index (κ1) is 27.1. The summed E-state index contributed by atoms with van der Waals surface area (Å²) in [6, 6.07) is 19.2. The van der Waals surface area contributed by atoms with E-state index in [0.29, 0.717) is 12.2 Å². The summed E-state index contributed by atoms with van der Waals surface area (Å²) in [6.07, 6.45) is 2.08. The van der Waals surface area contributed by atoms with Crippen molar-refractivity contribution in [3.05, 3.63) is 72.4 Å². The number of aromatic amines is 1. The van der Waals surface area contributed by atoms with Crippen LogP contribution in [0.25, 0.3) is 33.8 Å². The highest BCUT2D eigenvalue weighted by Gasteiger charge is 2.31. The van der Waals surface area contributed by atoms with Crippen molar-refractivity contribution in [2.45, 2.75) is 58.9 Å². The third-order valence-corrected chi connectivity index (χ3v) is 6.58. The predicted molar refractivity (Wildman–Crippen MR) is 145 cm³/mol. The lowest BCUT2D eigenvalue weighted by atomic mass is 9.96. The number of aromatic nitrogens is 5. The largest absolute Gasteiger partial charge is 0.366 e. The molecule has 0 aliphatic heterocycles. The van der Waals surface area contributed by atoms with Gasteiger partial charge in [0.15, 0.2) is 6.29 Å². The molecule has 2 heterocycles. The minimum Gasteiger partial charge on any atom is -0.366 e. The Kier molecular flexibility index (Phi) is 8.93. The minimum absolute atomic E-state index is 0.0994. The average molecular weight is 515 g/mol. The molecule has 38 heavy (non-hydrogen) atoms. The van der Waals surface area contributed by atoms with Gasteiger partial charge in [0.1, 0.15) is 0 Å². The van der Waals surface area contributed by atoms with Crippen molar-refractivity contribution in [1.82, 2.24) is 30.5 Å². The van der Waals surface area contributed by atoms with Gasteiger partial charge < -0.3 is 15.1 Å². The molecule has 0 fully saturated rings. The molecule has 4 rings (SSSR count). The van der Waals surface area contributed by atoms with Crippen molar-refractivity contribution in [3.63, 3.8) is 0 Å². The Balaban J connectivity index is 1.68. The number of H-pyrrole nitrogens is 1. The van der Waals surface area contributed by atoms with E-state index in [0.717, 1.165) is 46.4 Å². The second kappa shape index (κ2) is 12.5. The van der Waals surface area contributed by atoms with Crippen LogP contribution >= 0.6 is 0 Å². The molecule has 0 saturated heterocycles. The van der Waals surface area contributed by atoms with Crippen LogP contribution in [0.5, 0.6) is 0 Å². The van der Waals surface area contributed by atoms with E-state index in [9.17, 15) is 15.0 Å². The van der Waals surface area contributed by atoms with Crippen molar-refractivity contribution in [2.24, 2.45) is 5.92 Å². The molecular weight excluding hydrogens is 480 g/mol. The van der Waals surface area contributed by atoms with Gasteiger partial charge in [0.05, 0.1) is 11.7 Å². The van der Waals surface area contributed by atoms with Crippen LogP contribution in [0.3, 0.4) is 0 Å². The van der Waals surface area contributed by atoms with Gasteiger partial charge in [0.25, 0.3) is 0 Å². The summed E-state index contributed by atoms with van der Waals surface area (Å²) in [4.78, 5) is 19.4. The summed E-state index contributed by atoms with van der Waals surface area (Å²) in [6.45, 7) is 6.02. The molecule has 2 aromatic heterocycles. The number of nitrogens with one attached hydrogen (secondary N) is 1. The van der Waals surface area contributed by atoms with Crippen LogP contribution in [-0.2, 0) is 11.3 Å². The molecule has 2 aromatic carbocycles. The Labute approximate surface area is 222 Å². The monoisotopic (exact) mass is 514 g/mol. The summed E-state index contributed by atoms with van der Waals surface area (Å²) >= 11 is 0. The molecule has 9 heteroatoms. The van der Waals surface area contributed by atoms with Crippen LogP contribution in [-0.4, -0.2) is 59.0 Å². The van der Waals surface area contributed by atoms with Crippen molar-refractivity contribution >= 4 is 5.91 Å². The van der Waals surface area contributed by atoms with Crippen LogP contribution in [0, 0.1) is 5.92 Å². The number of pyridine rings is 1. The Morgan fingerprint density at radius 2 is 1.79 bits per heavy atom. The van der Waals surface area contributed by atoms with Gasteiger partial charge in [-0.15, -0.1) is 10.2 Å². The fourth-order valence-corrected chi connectivity index (χ4v) is 4.61. The summed E-state index contributed by atoms with van der Waals surface area (Å²) in [5.41, 5.74) is 5.26. The normalized spacial score (nSPS) is 12.2. The van der Waals surface area contributed by atoms with Gasteiger partial charge in [0, 0.05) is 30.3 Å². The van der Waals surface area contributed by atoms with Crippen LogP contribution in [0.4, 0.5) is 0 Å². The predicted octanol–water partition coefficient (Wildman–Crippen LogP) is 4.45. The van der Waals surface area contributed by atoms with E-state index in [-0.39, 0.29) is 18.4 Å². The number of aliphatic hydroxyl groups is 2. The third kappa shape index (κ3) is 6.30. The Bertz CT molecular complexity index is 1300. The number of amides is 1. The maximum absolute atomic E-state index is 13.1. The van der Waals surface area contributed by atoms with E-state index in [1.807, 2.05) is 63.2 Å². The zero-order valence-electron chi connectivity index (χ0n) is 22.0. The number of hydrogen-bond donors (Lipinski definition) is 3. The Hall–Kier alpha value is -3.95. The number of aliphatic hydroxyl groups excluding tert-OH is 1. The Morgan fingerprint density at radius 1 is 1.00 bits per heavy atom. The number of rotatable bonds is 11. The van der Waals surface area contributed by atoms with Gasteiger partial charge in [-0.1, -0.05) is 69.7 Å². The van der Waals surface area contributed by atoms with E-state index >= 15 is 0 Å². The fraction of sp³-hybridized carbons (Fsp3) is 0.345. The van der Waals surface area contributed by atoms with Gasteiger partial charge in [0.2, 0.25) is 11.7 Å². The molecule has 0 aliphatic rings. The second-order valence-corrected chi connectivity index (χ2v) is 9.69. The highest BCUT2D eigenvalue weighted by molar-refractivity contribution is 5.83. The lowest BCUT2D eigenvalue weighted by molar-refractivity contribution is -0.153. The quantitative estimate of drug-likeness (QED) is 0.252. The van der Waals surface area contributed by atoms with E-state index < -0.39 is 12.3 Å². The number of carbonyl (C=O) groups excluding carboxylic acids is 1. The number of unbranched alkanes of at least 4 members (excludes halogenated alkanes) is 1. The number of nitrogens with zero attached hydrogens (tertiary/aromatic N) is 5. The topological polar surface area (TPSA) is 128 Å². The lowest BCUT2D eigenvalue weighted by Gasteiger charge is -2.35. The van der Waals surface area contributed by atoms with Crippen molar-refractivity contribution in [2.75, 3.05) is 0 Å².